The van der Waals surface area contributed by atoms with Crippen molar-refractivity contribution >= 4 is 11.8 Å². The summed E-state index contributed by atoms with van der Waals surface area (Å²) in [6.07, 6.45) is 1.40. The number of rotatable bonds is 7. The summed E-state index contributed by atoms with van der Waals surface area (Å²) in [7, 11) is 1.56. The molecule has 4 rings (SSSR count). The van der Waals surface area contributed by atoms with E-state index in [4.69, 9.17) is 13.9 Å². The summed E-state index contributed by atoms with van der Waals surface area (Å²) in [5, 5.41) is 7.71. The van der Waals surface area contributed by atoms with E-state index < -0.39 is 6.04 Å². The lowest BCUT2D eigenvalue weighted by molar-refractivity contribution is 0.0576. The number of imide groups is 1. The first-order chi connectivity index (χ1) is 15.7. The normalized spacial score (nSPS) is 14.4. The van der Waals surface area contributed by atoms with Gasteiger partial charge in [-0.1, -0.05) is 32.9 Å². The first-order valence-electron chi connectivity index (χ1n) is 10.8. The van der Waals surface area contributed by atoms with Gasteiger partial charge in [0.05, 0.1) is 37.3 Å². The smallest absolute Gasteiger partial charge is 0.262 e. The van der Waals surface area contributed by atoms with Crippen molar-refractivity contribution in [1.29, 1.82) is 0 Å². The van der Waals surface area contributed by atoms with Crippen LogP contribution in [0.1, 0.15) is 71.5 Å². The second kappa shape index (κ2) is 8.69. The first-order valence-corrected chi connectivity index (χ1v) is 10.8. The molecule has 8 nitrogen and oxygen atoms in total. The number of amides is 2. The third kappa shape index (κ3) is 4.20. The van der Waals surface area contributed by atoms with E-state index in [-0.39, 0.29) is 23.7 Å². The number of hydrogen-bond acceptors (Lipinski definition) is 7. The van der Waals surface area contributed by atoms with Gasteiger partial charge in [-0.15, -0.1) is 10.2 Å². The lowest BCUT2D eigenvalue weighted by atomic mass is 9.85. The molecule has 0 N–H and O–H groups in total. The van der Waals surface area contributed by atoms with Crippen molar-refractivity contribution in [2.75, 3.05) is 13.7 Å². The molecule has 1 aliphatic heterocycles. The van der Waals surface area contributed by atoms with E-state index >= 15 is 0 Å². The zero-order chi connectivity index (χ0) is 23.8. The van der Waals surface area contributed by atoms with Crippen molar-refractivity contribution in [3.63, 3.8) is 0 Å². The lowest BCUT2D eigenvalue weighted by Crippen LogP contribution is -2.35. The Morgan fingerprint density at radius 1 is 1.03 bits per heavy atom. The van der Waals surface area contributed by atoms with Gasteiger partial charge in [-0.25, -0.2) is 0 Å². The van der Waals surface area contributed by atoms with Crippen molar-refractivity contribution in [2.24, 2.45) is 0 Å². The topological polar surface area (TPSA) is 94.8 Å². The molecule has 33 heavy (non-hydrogen) atoms. The highest BCUT2D eigenvalue weighted by atomic mass is 16.5. The van der Waals surface area contributed by atoms with Crippen LogP contribution >= 0.6 is 0 Å². The molecule has 2 heterocycles. The molecule has 1 aromatic heterocycles. The molecule has 0 bridgehead atoms. The van der Waals surface area contributed by atoms with Crippen molar-refractivity contribution in [3.05, 3.63) is 70.9 Å². The van der Waals surface area contributed by atoms with Crippen molar-refractivity contribution in [3.8, 4) is 11.5 Å². The summed E-state index contributed by atoms with van der Waals surface area (Å²) in [4.78, 5) is 28.3. The van der Waals surface area contributed by atoms with E-state index in [0.29, 0.717) is 40.7 Å². The highest BCUT2D eigenvalue weighted by Crippen LogP contribution is 2.38. The Morgan fingerprint density at radius 2 is 1.79 bits per heavy atom. The van der Waals surface area contributed by atoms with Gasteiger partial charge in [-0.3, -0.25) is 14.5 Å². The number of methoxy groups -OCH3 is 1. The highest BCUT2D eigenvalue weighted by Gasteiger charge is 2.42. The third-order valence-corrected chi connectivity index (χ3v) is 5.74. The Kier molecular flexibility index (Phi) is 5.93. The van der Waals surface area contributed by atoms with Crippen LogP contribution in [0.2, 0.25) is 0 Å². The molecule has 172 valence electrons. The van der Waals surface area contributed by atoms with Crippen LogP contribution in [-0.2, 0) is 11.8 Å². The largest absolute Gasteiger partial charge is 0.493 e. The Balaban J connectivity index is 1.79. The van der Waals surface area contributed by atoms with Gasteiger partial charge in [-0.05, 0) is 47.7 Å². The monoisotopic (exact) mass is 449 g/mol. The fourth-order valence-corrected chi connectivity index (χ4v) is 3.99. The molecule has 0 unspecified atom stereocenters. The first kappa shape index (κ1) is 22.5. The minimum absolute atomic E-state index is 0.155. The van der Waals surface area contributed by atoms with Gasteiger partial charge in [0.15, 0.2) is 11.5 Å². The average molecular weight is 450 g/mol. The lowest BCUT2D eigenvalue weighted by Gasteiger charge is -2.26. The van der Waals surface area contributed by atoms with Crippen LogP contribution in [0.5, 0.6) is 11.5 Å². The summed E-state index contributed by atoms with van der Waals surface area (Å²) in [6.45, 7) is 8.52. The molecule has 8 heteroatoms. The molecule has 0 fully saturated rings. The van der Waals surface area contributed by atoms with Gasteiger partial charge in [0.25, 0.3) is 11.8 Å². The highest BCUT2D eigenvalue weighted by molar-refractivity contribution is 6.21. The van der Waals surface area contributed by atoms with E-state index in [0.717, 1.165) is 5.56 Å². The van der Waals surface area contributed by atoms with Crippen LogP contribution in [-0.4, -0.2) is 40.6 Å². The van der Waals surface area contributed by atoms with Crippen molar-refractivity contribution in [2.45, 2.75) is 45.6 Å². The number of aromatic nitrogens is 2. The van der Waals surface area contributed by atoms with Crippen molar-refractivity contribution in [1.82, 2.24) is 15.1 Å². The predicted molar refractivity (Wildman–Crippen MR) is 121 cm³/mol. The molecule has 0 spiro atoms. The summed E-state index contributed by atoms with van der Waals surface area (Å²) < 4.78 is 16.5. The summed E-state index contributed by atoms with van der Waals surface area (Å²) in [5.41, 5.74) is 2.32. The number of carbonyl (C=O) groups is 2. The number of fused-ring (bicyclic) bond motifs is 1. The van der Waals surface area contributed by atoms with Crippen LogP contribution in [0.15, 0.2) is 47.2 Å². The fraction of sp³-hybridized carbons (Fsp3) is 0.360. The maximum atomic E-state index is 13.5. The molecule has 3 aromatic rings. The van der Waals surface area contributed by atoms with Crippen LogP contribution in [0, 0.1) is 0 Å². The quantitative estimate of drug-likeness (QED) is 0.495. The van der Waals surface area contributed by atoms with E-state index in [1.54, 1.807) is 25.3 Å². The molecule has 2 aromatic carbocycles. The van der Waals surface area contributed by atoms with Crippen LogP contribution in [0.25, 0.3) is 0 Å². The van der Waals surface area contributed by atoms with Gasteiger partial charge >= 0.3 is 0 Å². The molecule has 0 saturated heterocycles. The molecule has 1 atom stereocenters. The maximum Gasteiger partial charge on any atom is 0.262 e. The number of nitrogens with zero attached hydrogens (tertiary/aromatic N) is 3. The number of hydrogen-bond donors (Lipinski definition) is 0. The zero-order valence-corrected chi connectivity index (χ0v) is 19.4. The van der Waals surface area contributed by atoms with Crippen LogP contribution < -0.4 is 9.47 Å². The molecular weight excluding hydrogens is 422 g/mol. The Labute approximate surface area is 192 Å². The zero-order valence-electron chi connectivity index (χ0n) is 19.4. The standard InChI is InChI=1S/C25H27N3O5/c1-6-32-21-11-15(7-10-20(21)31-5)19(13-22-27-26-14-33-22)28-23(29)17-9-8-16(25(2,3)4)12-18(17)24(28)30/h7-12,14,19H,6,13H2,1-5H3/t19-/m1/s1. The van der Waals surface area contributed by atoms with E-state index in [2.05, 4.69) is 31.0 Å². The third-order valence-electron chi connectivity index (χ3n) is 5.74. The summed E-state index contributed by atoms with van der Waals surface area (Å²) in [6, 6.07) is 10.2. The SMILES string of the molecule is CCOc1cc([C@@H](Cc2nnco2)N2C(=O)c3ccc(C(C)(C)C)cc3C2=O)ccc1OC. The van der Waals surface area contributed by atoms with Gasteiger partial charge in [0, 0.05) is 0 Å². The van der Waals surface area contributed by atoms with E-state index in [1.165, 1.54) is 11.3 Å². The Morgan fingerprint density at radius 3 is 2.42 bits per heavy atom. The average Bonchev–Trinajstić information content (AvgIpc) is 3.38. The molecule has 2 amide bonds. The Bertz CT molecular complexity index is 1180. The van der Waals surface area contributed by atoms with Crippen LogP contribution in [0.4, 0.5) is 0 Å². The summed E-state index contributed by atoms with van der Waals surface area (Å²) >= 11 is 0. The van der Waals surface area contributed by atoms with Crippen molar-refractivity contribution < 1.29 is 23.5 Å². The van der Waals surface area contributed by atoms with Gasteiger partial charge in [0.1, 0.15) is 0 Å². The minimum Gasteiger partial charge on any atom is -0.493 e. The number of ether oxygens (including phenoxy) is 2. The van der Waals surface area contributed by atoms with Gasteiger partial charge in [-0.2, -0.15) is 0 Å². The maximum absolute atomic E-state index is 13.5. The van der Waals surface area contributed by atoms with E-state index in [9.17, 15) is 9.59 Å². The molecule has 0 saturated carbocycles. The summed E-state index contributed by atoms with van der Waals surface area (Å²) in [5.74, 6) is 0.711. The van der Waals surface area contributed by atoms with Crippen LogP contribution in [0.3, 0.4) is 0 Å². The second-order valence-electron chi connectivity index (χ2n) is 8.89. The predicted octanol–water partition coefficient (Wildman–Crippen LogP) is 4.35. The van der Waals surface area contributed by atoms with Gasteiger partial charge < -0.3 is 13.9 Å². The molecule has 0 aliphatic carbocycles. The Hall–Kier alpha value is -3.68. The minimum atomic E-state index is -0.666. The number of carbonyl (C=O) groups excluding carboxylic acids is 2. The fourth-order valence-electron chi connectivity index (χ4n) is 3.99. The molecular formula is C25H27N3O5. The number of benzene rings is 2. The van der Waals surface area contributed by atoms with E-state index in [1.807, 2.05) is 25.1 Å². The molecule has 1 aliphatic rings. The second-order valence-corrected chi connectivity index (χ2v) is 8.89. The van der Waals surface area contributed by atoms with Gasteiger partial charge in [0.2, 0.25) is 12.3 Å². The molecule has 0 radical (unpaired) electrons.